The fourth-order valence-electron chi connectivity index (χ4n) is 3.09. The smallest absolute Gasteiger partial charge is 0.312 e. The Morgan fingerprint density at radius 1 is 1.10 bits per heavy atom. The highest BCUT2D eigenvalue weighted by atomic mass is 16.5. The predicted molar refractivity (Wildman–Crippen MR) is 113 cm³/mol. The van der Waals surface area contributed by atoms with Crippen molar-refractivity contribution in [3.63, 3.8) is 0 Å². The van der Waals surface area contributed by atoms with Gasteiger partial charge in [0.15, 0.2) is 5.88 Å². The molecule has 7 heteroatoms. The van der Waals surface area contributed by atoms with Crippen molar-refractivity contribution < 1.29 is 19.1 Å². The largest absolute Gasteiger partial charge is 0.474 e. The highest BCUT2D eigenvalue weighted by Crippen LogP contribution is 2.29. The monoisotopic (exact) mass is 405 g/mol. The number of ether oxygens (including phenoxy) is 2. The molecule has 2 amide bonds. The van der Waals surface area contributed by atoms with Crippen LogP contribution < -0.4 is 16.8 Å². The number of primary amides is 1. The zero-order valence-electron chi connectivity index (χ0n) is 17.8. The molecule has 0 aliphatic heterocycles. The zero-order valence-corrected chi connectivity index (χ0v) is 17.8. The Morgan fingerprint density at radius 3 is 2.14 bits per heavy atom. The Hall–Kier alpha value is -2.70. The molecule has 0 heterocycles. The summed E-state index contributed by atoms with van der Waals surface area (Å²) in [7, 11) is 0. The second kappa shape index (κ2) is 12.0. The standard InChI is InChI=1S/C16H22N2O3.C6H13NO/c17-16(20)18-10-12-6-8-14(9-7-12)15(19)21-11-13-4-2-1-3-5-13;1-5(7)8-6(2,3)4/h1-5,12,14H,6-11H2,(H3,17,18,20);1,7H2,2-4H3. The second-order valence-corrected chi connectivity index (χ2v) is 8.24. The Morgan fingerprint density at radius 2 is 1.69 bits per heavy atom. The summed E-state index contributed by atoms with van der Waals surface area (Å²) in [6, 6.07) is 9.20. The number of carbonyl (C=O) groups is 2. The third kappa shape index (κ3) is 11.7. The maximum atomic E-state index is 12.0. The molecule has 1 aromatic carbocycles. The number of urea groups is 1. The topological polar surface area (TPSA) is 117 Å². The number of amides is 2. The first-order chi connectivity index (χ1) is 13.6. The lowest BCUT2D eigenvalue weighted by atomic mass is 9.82. The van der Waals surface area contributed by atoms with Crippen LogP contribution in [0.3, 0.4) is 0 Å². The molecule has 0 radical (unpaired) electrons. The molecule has 1 saturated carbocycles. The molecular weight excluding hydrogens is 370 g/mol. The fraction of sp³-hybridized carbons (Fsp3) is 0.545. The molecule has 162 valence electrons. The predicted octanol–water partition coefficient (Wildman–Crippen LogP) is 3.44. The molecule has 0 spiro atoms. The summed E-state index contributed by atoms with van der Waals surface area (Å²) in [5, 5.41) is 2.63. The summed E-state index contributed by atoms with van der Waals surface area (Å²) in [4.78, 5) is 22.7. The van der Waals surface area contributed by atoms with Crippen LogP contribution in [-0.4, -0.2) is 24.1 Å². The molecule has 2 rings (SSSR count). The SMILES string of the molecule is C=C(N)OC(C)(C)C.NC(=O)NCC1CCC(C(=O)OCc2ccccc2)CC1. The van der Waals surface area contributed by atoms with Crippen LogP contribution in [-0.2, 0) is 20.9 Å². The number of nitrogens with one attached hydrogen (secondary N) is 1. The summed E-state index contributed by atoms with van der Waals surface area (Å²) in [6.45, 7) is 10.1. The van der Waals surface area contributed by atoms with E-state index in [1.54, 1.807) is 0 Å². The lowest BCUT2D eigenvalue weighted by molar-refractivity contribution is -0.151. The molecule has 0 atom stereocenters. The van der Waals surface area contributed by atoms with Gasteiger partial charge in [0.05, 0.1) is 5.92 Å². The summed E-state index contributed by atoms with van der Waals surface area (Å²) in [5.41, 5.74) is 11.0. The van der Waals surface area contributed by atoms with Gasteiger partial charge < -0.3 is 26.3 Å². The van der Waals surface area contributed by atoms with Gasteiger partial charge in [0.1, 0.15) is 12.2 Å². The number of hydrogen-bond donors (Lipinski definition) is 3. The van der Waals surface area contributed by atoms with Crippen molar-refractivity contribution in [1.82, 2.24) is 5.32 Å². The lowest BCUT2D eigenvalue weighted by Gasteiger charge is -2.27. The van der Waals surface area contributed by atoms with Gasteiger partial charge in [-0.3, -0.25) is 4.79 Å². The molecule has 0 aromatic heterocycles. The van der Waals surface area contributed by atoms with Crippen molar-refractivity contribution in [3.8, 4) is 0 Å². The summed E-state index contributed by atoms with van der Waals surface area (Å²) in [6.07, 6.45) is 3.48. The van der Waals surface area contributed by atoms with Gasteiger partial charge >= 0.3 is 12.0 Å². The molecule has 1 aromatic rings. The highest BCUT2D eigenvalue weighted by Gasteiger charge is 2.27. The van der Waals surface area contributed by atoms with Crippen molar-refractivity contribution >= 4 is 12.0 Å². The van der Waals surface area contributed by atoms with Gasteiger partial charge in [-0.05, 0) is 64.5 Å². The van der Waals surface area contributed by atoms with Crippen molar-refractivity contribution in [2.45, 2.75) is 58.7 Å². The van der Waals surface area contributed by atoms with E-state index in [0.717, 1.165) is 31.2 Å². The molecule has 7 nitrogen and oxygen atoms in total. The van der Waals surface area contributed by atoms with E-state index in [9.17, 15) is 9.59 Å². The number of rotatable bonds is 6. The second-order valence-electron chi connectivity index (χ2n) is 8.24. The van der Waals surface area contributed by atoms with Gasteiger partial charge in [-0.15, -0.1) is 0 Å². The van der Waals surface area contributed by atoms with Gasteiger partial charge in [0, 0.05) is 6.54 Å². The van der Waals surface area contributed by atoms with Crippen LogP contribution >= 0.6 is 0 Å². The number of hydrogen-bond acceptors (Lipinski definition) is 5. The third-order valence-electron chi connectivity index (χ3n) is 4.41. The Bertz CT molecular complexity index is 648. The number of esters is 1. The zero-order chi connectivity index (χ0) is 21.9. The molecule has 0 saturated heterocycles. The first-order valence-electron chi connectivity index (χ1n) is 9.94. The maximum Gasteiger partial charge on any atom is 0.312 e. The van der Waals surface area contributed by atoms with Crippen LogP contribution in [0.15, 0.2) is 42.8 Å². The Balaban J connectivity index is 0.000000447. The van der Waals surface area contributed by atoms with Gasteiger partial charge in [-0.25, -0.2) is 4.79 Å². The fourth-order valence-corrected chi connectivity index (χ4v) is 3.09. The van der Waals surface area contributed by atoms with Gasteiger partial charge in [-0.2, -0.15) is 0 Å². The molecule has 5 N–H and O–H groups in total. The maximum absolute atomic E-state index is 12.0. The van der Waals surface area contributed by atoms with Crippen LogP contribution in [0.2, 0.25) is 0 Å². The van der Waals surface area contributed by atoms with Crippen LogP contribution in [0, 0.1) is 11.8 Å². The molecular formula is C22H35N3O4. The van der Waals surface area contributed by atoms with E-state index >= 15 is 0 Å². The van der Waals surface area contributed by atoms with Crippen molar-refractivity contribution in [3.05, 3.63) is 48.4 Å². The minimum absolute atomic E-state index is 0.0152. The Labute approximate surface area is 173 Å². The summed E-state index contributed by atoms with van der Waals surface area (Å²) >= 11 is 0. The van der Waals surface area contributed by atoms with E-state index in [1.807, 2.05) is 51.1 Å². The molecule has 1 aliphatic rings. The van der Waals surface area contributed by atoms with Crippen LogP contribution in [0.5, 0.6) is 0 Å². The van der Waals surface area contributed by atoms with Crippen LogP contribution in [0.1, 0.15) is 52.0 Å². The summed E-state index contributed by atoms with van der Waals surface area (Å²) in [5.74, 6) is 0.562. The molecule has 0 unspecified atom stereocenters. The van der Waals surface area contributed by atoms with Crippen molar-refractivity contribution in [2.24, 2.45) is 23.3 Å². The minimum atomic E-state index is -0.487. The summed E-state index contributed by atoms with van der Waals surface area (Å²) < 4.78 is 10.4. The first-order valence-corrected chi connectivity index (χ1v) is 9.94. The van der Waals surface area contributed by atoms with Gasteiger partial charge in [-0.1, -0.05) is 30.3 Å². The van der Waals surface area contributed by atoms with Gasteiger partial charge in [0.2, 0.25) is 0 Å². The minimum Gasteiger partial charge on any atom is -0.474 e. The van der Waals surface area contributed by atoms with E-state index in [-0.39, 0.29) is 23.4 Å². The van der Waals surface area contributed by atoms with E-state index in [1.165, 1.54) is 0 Å². The average Bonchev–Trinajstić information content (AvgIpc) is 2.64. The van der Waals surface area contributed by atoms with E-state index < -0.39 is 6.03 Å². The lowest BCUT2D eigenvalue weighted by Crippen LogP contribution is -2.35. The molecule has 1 fully saturated rings. The highest BCUT2D eigenvalue weighted by molar-refractivity contribution is 5.72. The van der Waals surface area contributed by atoms with Crippen molar-refractivity contribution in [1.29, 1.82) is 0 Å². The number of benzene rings is 1. The third-order valence-corrected chi connectivity index (χ3v) is 4.41. The average molecular weight is 406 g/mol. The molecule has 0 bridgehead atoms. The number of nitrogens with two attached hydrogens (primary N) is 2. The molecule has 29 heavy (non-hydrogen) atoms. The van der Waals surface area contributed by atoms with Crippen molar-refractivity contribution in [2.75, 3.05) is 6.54 Å². The van der Waals surface area contributed by atoms with E-state index in [4.69, 9.17) is 20.9 Å². The first kappa shape index (κ1) is 24.3. The van der Waals surface area contributed by atoms with Crippen LogP contribution in [0.25, 0.3) is 0 Å². The molecule has 1 aliphatic carbocycles. The van der Waals surface area contributed by atoms with E-state index in [0.29, 0.717) is 19.1 Å². The normalized spacial score (nSPS) is 18.6. The Kier molecular flexibility index (Phi) is 10.1. The van der Waals surface area contributed by atoms with Gasteiger partial charge in [0.25, 0.3) is 0 Å². The van der Waals surface area contributed by atoms with E-state index in [2.05, 4.69) is 11.9 Å². The quantitative estimate of drug-likeness (QED) is 0.495. The number of carbonyl (C=O) groups excluding carboxylic acids is 2. The van der Waals surface area contributed by atoms with Crippen LogP contribution in [0.4, 0.5) is 4.79 Å².